The maximum Gasteiger partial charge on any atom is 0.409 e. The predicted molar refractivity (Wildman–Crippen MR) is 110 cm³/mol. The molecule has 150 valence electrons. The number of nitrogens with zero attached hydrogens (tertiary/aromatic N) is 2. The number of rotatable bonds is 3. The zero-order valence-electron chi connectivity index (χ0n) is 17.8. The third-order valence-electron chi connectivity index (χ3n) is 6.71. The van der Waals surface area contributed by atoms with Gasteiger partial charge in [0, 0.05) is 7.05 Å². The van der Waals surface area contributed by atoms with Gasteiger partial charge >= 0.3 is 6.09 Å². The van der Waals surface area contributed by atoms with Crippen molar-refractivity contribution in [1.82, 2.24) is 9.80 Å². The number of hydrogen-bond donors (Lipinski definition) is 0. The number of carbonyl (C=O) groups excluding carboxylic acids is 1. The maximum absolute atomic E-state index is 12.1. The molecule has 1 aromatic rings. The molecule has 1 fully saturated rings. The average molecular weight is 373 g/mol. The van der Waals surface area contributed by atoms with E-state index in [1.165, 1.54) is 57.1 Å². The van der Waals surface area contributed by atoms with E-state index in [1.54, 1.807) is 4.90 Å². The summed E-state index contributed by atoms with van der Waals surface area (Å²) in [5.41, 5.74) is 3.47. The first-order valence-corrected chi connectivity index (χ1v) is 10.4. The lowest BCUT2D eigenvalue weighted by atomic mass is 9.63. The smallest absolute Gasteiger partial charge is 0.409 e. The minimum Gasteiger partial charge on any atom is -0.453 e. The van der Waals surface area contributed by atoms with Crippen LogP contribution in [0.25, 0.3) is 0 Å². The van der Waals surface area contributed by atoms with Crippen LogP contribution in [0.3, 0.4) is 0 Å². The van der Waals surface area contributed by atoms with Crippen molar-refractivity contribution in [3.8, 4) is 0 Å². The number of piperidine rings is 1. The average Bonchev–Trinajstić information content (AvgIpc) is 2.66. The Morgan fingerprint density at radius 3 is 2.52 bits per heavy atom. The van der Waals surface area contributed by atoms with Gasteiger partial charge < -0.3 is 14.5 Å². The Morgan fingerprint density at radius 1 is 1.22 bits per heavy atom. The van der Waals surface area contributed by atoms with Gasteiger partial charge in [-0.15, -0.1) is 0 Å². The molecular formula is C23H36N2O2. The van der Waals surface area contributed by atoms with Crippen LogP contribution in [0.5, 0.6) is 0 Å². The van der Waals surface area contributed by atoms with Gasteiger partial charge in [-0.25, -0.2) is 4.79 Å². The number of fused-ring (bicyclic) bond motifs is 2. The lowest BCUT2D eigenvalue weighted by Crippen LogP contribution is -2.47. The van der Waals surface area contributed by atoms with Gasteiger partial charge in [0.05, 0.1) is 13.2 Å². The second-order valence-electron chi connectivity index (χ2n) is 9.66. The summed E-state index contributed by atoms with van der Waals surface area (Å²) in [6.45, 7) is 10.5. The van der Waals surface area contributed by atoms with Crippen molar-refractivity contribution >= 4 is 6.09 Å². The molecule has 1 aliphatic carbocycles. The number of carbonyl (C=O) groups is 1. The minimum atomic E-state index is -0.247. The lowest BCUT2D eigenvalue weighted by molar-refractivity contribution is 0.0940. The van der Waals surface area contributed by atoms with E-state index in [4.69, 9.17) is 4.74 Å². The summed E-state index contributed by atoms with van der Waals surface area (Å²) in [4.78, 5) is 16.5. The lowest BCUT2D eigenvalue weighted by Gasteiger charge is -2.48. The maximum atomic E-state index is 12.1. The van der Waals surface area contributed by atoms with Crippen molar-refractivity contribution in [2.75, 3.05) is 33.8 Å². The molecule has 1 aliphatic heterocycles. The summed E-state index contributed by atoms with van der Waals surface area (Å²) in [7, 11) is 3.32. The normalized spacial score (nSPS) is 22.3. The molecular weight excluding hydrogens is 336 g/mol. The third kappa shape index (κ3) is 4.31. The first-order valence-electron chi connectivity index (χ1n) is 10.4. The van der Waals surface area contributed by atoms with Crippen molar-refractivity contribution < 1.29 is 9.53 Å². The van der Waals surface area contributed by atoms with E-state index in [0.29, 0.717) is 5.41 Å². The summed E-state index contributed by atoms with van der Waals surface area (Å²) in [5.74, 6) is 0. The number of hydrogen-bond acceptors (Lipinski definition) is 3. The van der Waals surface area contributed by atoms with Gasteiger partial charge in [-0.2, -0.15) is 0 Å². The molecule has 0 N–H and O–H groups in total. The van der Waals surface area contributed by atoms with E-state index in [9.17, 15) is 4.79 Å². The molecule has 1 amide bonds. The number of benzene rings is 1. The van der Waals surface area contributed by atoms with Crippen LogP contribution in [-0.4, -0.2) is 49.7 Å². The molecule has 0 unspecified atom stereocenters. The van der Waals surface area contributed by atoms with Crippen LogP contribution in [0.4, 0.5) is 4.79 Å². The molecule has 0 radical (unpaired) electrons. The van der Waals surface area contributed by atoms with Crippen LogP contribution in [0.1, 0.15) is 70.0 Å². The van der Waals surface area contributed by atoms with Crippen LogP contribution in [0.15, 0.2) is 24.3 Å². The number of amides is 1. The third-order valence-corrected chi connectivity index (χ3v) is 6.71. The first kappa shape index (κ1) is 20.2. The topological polar surface area (TPSA) is 32.8 Å². The molecule has 27 heavy (non-hydrogen) atoms. The zero-order chi connectivity index (χ0) is 19.7. The van der Waals surface area contributed by atoms with Crippen LogP contribution in [-0.2, 0) is 10.2 Å². The summed E-state index contributed by atoms with van der Waals surface area (Å²) in [6.07, 6.45) is 5.63. The van der Waals surface area contributed by atoms with Crippen molar-refractivity contribution in [2.45, 2.75) is 64.3 Å². The Balaban J connectivity index is 1.75. The van der Waals surface area contributed by atoms with Gasteiger partial charge in [-0.1, -0.05) is 45.0 Å². The highest BCUT2D eigenvalue weighted by Crippen LogP contribution is 2.49. The molecule has 1 saturated heterocycles. The standard InChI is InChI=1S/C23H36N2O2/c1-22(2,3)12-15-25-16-13-23(14-17-25)11-10-20(24(4)21(26)27-5)18-8-6-7-9-19(18)23/h6-9,20H,10-17H2,1-5H3/t20-/m0/s1. The van der Waals surface area contributed by atoms with E-state index in [-0.39, 0.29) is 17.6 Å². The van der Waals surface area contributed by atoms with E-state index in [1.807, 2.05) is 7.05 Å². The molecule has 0 aromatic heterocycles. The number of methoxy groups -OCH3 is 1. The van der Waals surface area contributed by atoms with Crippen molar-refractivity contribution in [1.29, 1.82) is 0 Å². The highest BCUT2D eigenvalue weighted by Gasteiger charge is 2.43. The Bertz CT molecular complexity index is 657. The molecule has 0 bridgehead atoms. The van der Waals surface area contributed by atoms with E-state index in [0.717, 1.165) is 12.8 Å². The van der Waals surface area contributed by atoms with Crippen molar-refractivity contribution in [2.24, 2.45) is 5.41 Å². The summed E-state index contributed by atoms with van der Waals surface area (Å²) < 4.78 is 4.97. The van der Waals surface area contributed by atoms with Crippen LogP contribution >= 0.6 is 0 Å². The van der Waals surface area contributed by atoms with Gasteiger partial charge in [-0.3, -0.25) is 0 Å². The number of ether oxygens (including phenoxy) is 1. The highest BCUT2D eigenvalue weighted by atomic mass is 16.5. The quantitative estimate of drug-likeness (QED) is 0.749. The molecule has 1 heterocycles. The zero-order valence-corrected chi connectivity index (χ0v) is 17.8. The summed E-state index contributed by atoms with van der Waals surface area (Å²) in [6, 6.07) is 8.91. The van der Waals surface area contributed by atoms with E-state index in [2.05, 4.69) is 49.9 Å². The monoisotopic (exact) mass is 372 g/mol. The summed E-state index contributed by atoms with van der Waals surface area (Å²) in [5, 5.41) is 0. The van der Waals surface area contributed by atoms with Gasteiger partial charge in [-0.05, 0) is 73.7 Å². The van der Waals surface area contributed by atoms with E-state index >= 15 is 0 Å². The molecule has 0 saturated carbocycles. The Morgan fingerprint density at radius 2 is 1.89 bits per heavy atom. The van der Waals surface area contributed by atoms with Gasteiger partial charge in [0.2, 0.25) is 0 Å². The fourth-order valence-corrected chi connectivity index (χ4v) is 4.86. The van der Waals surface area contributed by atoms with Crippen LogP contribution in [0.2, 0.25) is 0 Å². The molecule has 4 heteroatoms. The first-order chi connectivity index (χ1) is 12.8. The van der Waals surface area contributed by atoms with Crippen LogP contribution in [0, 0.1) is 5.41 Å². The second-order valence-corrected chi connectivity index (χ2v) is 9.66. The predicted octanol–water partition coefficient (Wildman–Crippen LogP) is 4.99. The number of likely N-dealkylation sites (tertiary alicyclic amines) is 1. The second kappa shape index (κ2) is 7.83. The Kier molecular flexibility index (Phi) is 5.85. The van der Waals surface area contributed by atoms with Gasteiger partial charge in [0.1, 0.15) is 0 Å². The molecule has 1 atom stereocenters. The van der Waals surface area contributed by atoms with Crippen molar-refractivity contribution in [3.63, 3.8) is 0 Å². The SMILES string of the molecule is COC(=O)N(C)[C@H]1CCC2(CCN(CCC(C)(C)C)CC2)c2ccccc21. The Labute approximate surface area is 164 Å². The minimum absolute atomic E-state index is 0.123. The fourth-order valence-electron chi connectivity index (χ4n) is 4.86. The molecule has 1 aromatic carbocycles. The fraction of sp³-hybridized carbons (Fsp3) is 0.696. The van der Waals surface area contributed by atoms with Crippen molar-refractivity contribution in [3.05, 3.63) is 35.4 Å². The van der Waals surface area contributed by atoms with Crippen LogP contribution < -0.4 is 0 Å². The van der Waals surface area contributed by atoms with Gasteiger partial charge in [0.15, 0.2) is 0 Å². The molecule has 3 rings (SSSR count). The molecule has 2 aliphatic rings. The molecule has 1 spiro atoms. The largest absolute Gasteiger partial charge is 0.453 e. The highest BCUT2D eigenvalue weighted by molar-refractivity contribution is 5.68. The summed E-state index contributed by atoms with van der Waals surface area (Å²) >= 11 is 0. The van der Waals surface area contributed by atoms with E-state index < -0.39 is 0 Å². The molecule has 4 nitrogen and oxygen atoms in total. The van der Waals surface area contributed by atoms with Gasteiger partial charge in [0.25, 0.3) is 0 Å². The Hall–Kier alpha value is -1.55.